The third-order valence-corrected chi connectivity index (χ3v) is 19.2. The highest BCUT2D eigenvalue weighted by Gasteiger charge is 2.30. The summed E-state index contributed by atoms with van der Waals surface area (Å²) in [6.45, 7) is 14.1. The Hall–Kier alpha value is -1.94. The zero-order chi connectivity index (χ0) is 69.6. The van der Waals surface area contributed by atoms with Gasteiger partial charge in [0.15, 0.2) is 12.2 Å². The summed E-state index contributed by atoms with van der Waals surface area (Å²) in [5.74, 6) is 0.883. The van der Waals surface area contributed by atoms with Gasteiger partial charge in [-0.1, -0.05) is 325 Å². The van der Waals surface area contributed by atoms with E-state index in [2.05, 4.69) is 55.4 Å². The maximum Gasteiger partial charge on any atom is 0.472 e. The fourth-order valence-corrected chi connectivity index (χ4v) is 13.0. The van der Waals surface area contributed by atoms with Gasteiger partial charge in [-0.25, -0.2) is 9.13 Å². The van der Waals surface area contributed by atoms with E-state index in [1.807, 2.05) is 0 Å². The van der Waals surface area contributed by atoms with E-state index < -0.39 is 97.5 Å². The van der Waals surface area contributed by atoms with Crippen LogP contribution in [0.4, 0.5) is 0 Å². The number of phosphoric acid groups is 2. The van der Waals surface area contributed by atoms with Gasteiger partial charge in [0, 0.05) is 25.7 Å². The lowest BCUT2D eigenvalue weighted by Gasteiger charge is -2.21. The second-order valence-corrected chi connectivity index (χ2v) is 31.9. The first-order valence-electron chi connectivity index (χ1n) is 38.7. The zero-order valence-corrected chi connectivity index (χ0v) is 63.4. The number of hydrogen-bond acceptors (Lipinski definition) is 15. The number of hydrogen-bond donors (Lipinski definition) is 3. The predicted molar refractivity (Wildman–Crippen MR) is 381 cm³/mol. The highest BCUT2D eigenvalue weighted by Crippen LogP contribution is 2.45. The fourth-order valence-electron chi connectivity index (χ4n) is 11.4. The lowest BCUT2D eigenvalue weighted by atomic mass is 10.0. The summed E-state index contributed by atoms with van der Waals surface area (Å²) >= 11 is 0. The van der Waals surface area contributed by atoms with E-state index in [9.17, 15) is 43.2 Å². The van der Waals surface area contributed by atoms with Gasteiger partial charge >= 0.3 is 39.5 Å². The summed E-state index contributed by atoms with van der Waals surface area (Å²) in [6, 6.07) is 0. The van der Waals surface area contributed by atoms with Crippen LogP contribution in [0, 0.1) is 23.7 Å². The quantitative estimate of drug-likeness (QED) is 0.0222. The minimum absolute atomic E-state index is 0.104. The van der Waals surface area contributed by atoms with Crippen molar-refractivity contribution in [2.45, 2.75) is 395 Å². The number of phosphoric ester groups is 2. The number of rotatable bonds is 72. The summed E-state index contributed by atoms with van der Waals surface area (Å²) in [7, 11) is -9.91. The van der Waals surface area contributed by atoms with E-state index in [4.69, 9.17) is 37.0 Å². The van der Waals surface area contributed by atoms with Crippen LogP contribution in [0.2, 0.25) is 0 Å². The van der Waals surface area contributed by atoms with Crippen molar-refractivity contribution < 1.29 is 80.2 Å². The molecule has 558 valence electrons. The number of ether oxygens (including phenoxy) is 4. The molecule has 0 radical (unpaired) electrons. The molecule has 0 aromatic carbocycles. The molecule has 0 rings (SSSR count). The SMILES string of the molecule is CC(C)CCCCCCCCCCCCCCCCCC(=O)O[C@H](COC(=O)CCCCCCCCCC(C)C)COP(=O)(O)OCC(O)COP(=O)(O)OC[C@@H](COC(=O)CCCCCCCCCCCCCCC(C)C)OC(=O)CCCCCCCCCCC(C)C. The fraction of sp³-hybridized carbons (Fsp3) is 0.947. The topological polar surface area (TPSA) is 237 Å². The molecular weight excluding hydrogens is 1230 g/mol. The van der Waals surface area contributed by atoms with E-state index in [-0.39, 0.29) is 25.7 Å². The molecular formula is C75H146O17P2. The van der Waals surface area contributed by atoms with Gasteiger partial charge in [0.1, 0.15) is 19.3 Å². The highest BCUT2D eigenvalue weighted by atomic mass is 31.2. The maximum atomic E-state index is 13.1. The molecule has 0 saturated heterocycles. The Morgan fingerprint density at radius 3 is 0.660 bits per heavy atom. The van der Waals surface area contributed by atoms with E-state index in [0.29, 0.717) is 31.6 Å². The van der Waals surface area contributed by atoms with Crippen molar-refractivity contribution in [1.29, 1.82) is 0 Å². The van der Waals surface area contributed by atoms with Crippen molar-refractivity contribution in [3.05, 3.63) is 0 Å². The Morgan fingerprint density at radius 2 is 0.447 bits per heavy atom. The average molecular weight is 1380 g/mol. The molecule has 0 aromatic rings. The number of aliphatic hydroxyl groups excluding tert-OH is 1. The molecule has 0 spiro atoms. The molecule has 3 N–H and O–H groups in total. The number of esters is 4. The number of aliphatic hydroxyl groups is 1. The van der Waals surface area contributed by atoms with Crippen molar-refractivity contribution in [2.75, 3.05) is 39.6 Å². The lowest BCUT2D eigenvalue weighted by Crippen LogP contribution is -2.30. The first kappa shape index (κ1) is 92.1. The van der Waals surface area contributed by atoms with Crippen molar-refractivity contribution in [1.82, 2.24) is 0 Å². The molecule has 0 aliphatic heterocycles. The normalized spacial score (nSPS) is 14.2. The monoisotopic (exact) mass is 1380 g/mol. The van der Waals surface area contributed by atoms with Crippen LogP contribution in [0.15, 0.2) is 0 Å². The molecule has 5 atom stereocenters. The highest BCUT2D eigenvalue weighted by molar-refractivity contribution is 7.47. The molecule has 17 nitrogen and oxygen atoms in total. The molecule has 94 heavy (non-hydrogen) atoms. The Kier molecular flexibility index (Phi) is 63.1. The summed E-state index contributed by atoms with van der Waals surface area (Å²) < 4.78 is 68.5. The third kappa shape index (κ3) is 68.6. The molecule has 0 saturated carbocycles. The van der Waals surface area contributed by atoms with Crippen LogP contribution >= 0.6 is 15.6 Å². The molecule has 3 unspecified atom stereocenters. The Bertz CT molecular complexity index is 1850. The molecule has 19 heteroatoms. The van der Waals surface area contributed by atoms with Crippen LogP contribution in [0.5, 0.6) is 0 Å². The van der Waals surface area contributed by atoms with E-state index >= 15 is 0 Å². The zero-order valence-electron chi connectivity index (χ0n) is 61.6. The maximum absolute atomic E-state index is 13.1. The Labute approximate surface area is 575 Å². The average Bonchev–Trinajstić information content (AvgIpc) is 1.40. The first-order chi connectivity index (χ1) is 45.1. The number of carbonyl (C=O) groups is 4. The molecule has 0 heterocycles. The predicted octanol–water partition coefficient (Wildman–Crippen LogP) is 21.7. The molecule has 0 aromatic heterocycles. The van der Waals surface area contributed by atoms with Crippen molar-refractivity contribution in [2.24, 2.45) is 23.7 Å². The molecule has 0 fully saturated rings. The van der Waals surface area contributed by atoms with Crippen molar-refractivity contribution in [3.8, 4) is 0 Å². The van der Waals surface area contributed by atoms with Gasteiger partial charge in [-0.2, -0.15) is 0 Å². The van der Waals surface area contributed by atoms with Crippen LogP contribution in [-0.2, 0) is 65.4 Å². The summed E-state index contributed by atoms with van der Waals surface area (Å²) in [5, 5.41) is 10.6. The Balaban J connectivity index is 5.21. The first-order valence-corrected chi connectivity index (χ1v) is 41.7. The van der Waals surface area contributed by atoms with Gasteiger partial charge in [-0.05, 0) is 49.4 Å². The summed E-state index contributed by atoms with van der Waals surface area (Å²) in [4.78, 5) is 72.7. The standard InChI is InChI=1S/C75H146O17P2/c1-65(2)51-43-35-27-20-16-12-10-9-11-13-19-23-32-41-49-57-74(79)91-71(62-86-73(78)56-48-40-34-26-30-38-46-54-68(7)8)64-90-94(83,84)88-60-69(76)59-87-93(81,82)89-63-70(92-75(80)58-50-42-33-25-24-29-37-45-53-67(5)6)61-85-72(77)55-47-39-31-22-18-15-14-17-21-28-36-44-52-66(3)4/h65-71,76H,9-64H2,1-8H3,(H,81,82)(H,83,84)/t69?,70-,71-/m1/s1. The van der Waals surface area contributed by atoms with E-state index in [1.54, 1.807) is 0 Å². The minimum atomic E-state index is -4.96. The van der Waals surface area contributed by atoms with Gasteiger partial charge in [0.2, 0.25) is 0 Å². The smallest absolute Gasteiger partial charge is 0.462 e. The van der Waals surface area contributed by atoms with Gasteiger partial charge < -0.3 is 33.8 Å². The molecule has 0 bridgehead atoms. The summed E-state index contributed by atoms with van der Waals surface area (Å²) in [6.07, 6.45) is 48.7. The largest absolute Gasteiger partial charge is 0.472 e. The van der Waals surface area contributed by atoms with Crippen LogP contribution in [0.25, 0.3) is 0 Å². The minimum Gasteiger partial charge on any atom is -0.462 e. The van der Waals surface area contributed by atoms with Crippen LogP contribution in [0.1, 0.15) is 376 Å². The van der Waals surface area contributed by atoms with Gasteiger partial charge in [0.25, 0.3) is 0 Å². The van der Waals surface area contributed by atoms with Crippen molar-refractivity contribution in [3.63, 3.8) is 0 Å². The molecule has 0 aliphatic rings. The van der Waals surface area contributed by atoms with E-state index in [0.717, 1.165) is 114 Å². The summed E-state index contributed by atoms with van der Waals surface area (Å²) in [5.41, 5.74) is 0. The van der Waals surface area contributed by atoms with E-state index in [1.165, 1.54) is 173 Å². The number of unbranched alkanes of at least 4 members (excludes halogenated alkanes) is 38. The second-order valence-electron chi connectivity index (χ2n) is 28.9. The molecule has 0 aliphatic carbocycles. The van der Waals surface area contributed by atoms with Gasteiger partial charge in [0.05, 0.1) is 26.4 Å². The second kappa shape index (κ2) is 64.4. The lowest BCUT2D eigenvalue weighted by molar-refractivity contribution is -0.161. The third-order valence-electron chi connectivity index (χ3n) is 17.3. The van der Waals surface area contributed by atoms with Crippen LogP contribution in [-0.4, -0.2) is 96.7 Å². The molecule has 0 amide bonds. The number of carbonyl (C=O) groups excluding carboxylic acids is 4. The Morgan fingerprint density at radius 1 is 0.266 bits per heavy atom. The van der Waals surface area contributed by atoms with Crippen molar-refractivity contribution >= 4 is 39.5 Å². The van der Waals surface area contributed by atoms with Crippen LogP contribution in [0.3, 0.4) is 0 Å². The van der Waals surface area contributed by atoms with Gasteiger partial charge in [-0.15, -0.1) is 0 Å². The van der Waals surface area contributed by atoms with Gasteiger partial charge in [-0.3, -0.25) is 37.3 Å². The van der Waals surface area contributed by atoms with Crippen LogP contribution < -0.4 is 0 Å².